The van der Waals surface area contributed by atoms with Gasteiger partial charge in [-0.25, -0.2) is 4.98 Å². The minimum absolute atomic E-state index is 0.0102. The molecule has 1 saturated carbocycles. The zero-order chi connectivity index (χ0) is 19.3. The molecule has 3 fully saturated rings. The van der Waals surface area contributed by atoms with Crippen molar-refractivity contribution in [3.63, 3.8) is 0 Å². The third kappa shape index (κ3) is 3.29. The van der Waals surface area contributed by atoms with Gasteiger partial charge in [-0.15, -0.1) is 0 Å². The summed E-state index contributed by atoms with van der Waals surface area (Å²) in [6, 6.07) is 6.71. The van der Waals surface area contributed by atoms with Crippen LogP contribution < -0.4 is 0 Å². The van der Waals surface area contributed by atoms with E-state index in [0.29, 0.717) is 31.3 Å². The summed E-state index contributed by atoms with van der Waals surface area (Å²) < 4.78 is 0. The number of aryl methyl sites for hydroxylation is 1. The number of aromatic nitrogens is 2. The number of amides is 2. The molecule has 1 N–H and O–H groups in total. The van der Waals surface area contributed by atoms with Gasteiger partial charge >= 0.3 is 0 Å². The van der Waals surface area contributed by atoms with Gasteiger partial charge in [-0.2, -0.15) is 0 Å². The smallest absolute Gasteiger partial charge is 0.227 e. The molecular formula is C22H28N4O2. The molecule has 3 heterocycles. The van der Waals surface area contributed by atoms with Crippen LogP contribution in [0.15, 0.2) is 18.2 Å². The summed E-state index contributed by atoms with van der Waals surface area (Å²) in [6.07, 6.45) is 5.35. The van der Waals surface area contributed by atoms with E-state index in [1.54, 1.807) is 0 Å². The molecular weight excluding hydrogens is 352 g/mol. The minimum Gasteiger partial charge on any atom is -0.342 e. The van der Waals surface area contributed by atoms with Crippen LogP contribution in [0, 0.1) is 12.8 Å². The molecule has 0 spiro atoms. The molecule has 148 valence electrons. The second kappa shape index (κ2) is 6.90. The number of aromatic amines is 1. The lowest BCUT2D eigenvalue weighted by molar-refractivity contribution is -0.144. The van der Waals surface area contributed by atoms with Crippen molar-refractivity contribution in [2.24, 2.45) is 5.92 Å². The van der Waals surface area contributed by atoms with Crippen LogP contribution in [0.2, 0.25) is 0 Å². The van der Waals surface area contributed by atoms with E-state index in [-0.39, 0.29) is 17.7 Å². The van der Waals surface area contributed by atoms with Crippen LogP contribution >= 0.6 is 0 Å². The Morgan fingerprint density at radius 1 is 1.14 bits per heavy atom. The number of hydrogen-bond donors (Lipinski definition) is 1. The number of rotatable bonds is 3. The molecule has 2 amide bonds. The molecule has 2 aliphatic heterocycles. The summed E-state index contributed by atoms with van der Waals surface area (Å²) in [5, 5.41) is 0. The second-order valence-electron chi connectivity index (χ2n) is 8.76. The molecule has 6 heteroatoms. The number of likely N-dealkylation sites (tertiary alicyclic amines) is 2. The van der Waals surface area contributed by atoms with Crippen LogP contribution in [0.1, 0.15) is 55.8 Å². The topological polar surface area (TPSA) is 69.3 Å². The molecule has 5 rings (SSSR count). The lowest BCUT2D eigenvalue weighted by Gasteiger charge is -2.37. The van der Waals surface area contributed by atoms with Crippen molar-refractivity contribution in [3.05, 3.63) is 29.6 Å². The van der Waals surface area contributed by atoms with Gasteiger partial charge in [-0.1, -0.05) is 6.07 Å². The van der Waals surface area contributed by atoms with Gasteiger partial charge in [0.25, 0.3) is 0 Å². The maximum absolute atomic E-state index is 13.0. The van der Waals surface area contributed by atoms with E-state index in [2.05, 4.69) is 30.1 Å². The molecule has 1 aliphatic carbocycles. The normalized spacial score (nSPS) is 24.2. The molecule has 0 bridgehead atoms. The van der Waals surface area contributed by atoms with E-state index < -0.39 is 0 Å². The van der Waals surface area contributed by atoms with Crippen molar-refractivity contribution < 1.29 is 9.59 Å². The zero-order valence-electron chi connectivity index (χ0n) is 16.5. The number of carbonyl (C=O) groups excluding carboxylic acids is 2. The van der Waals surface area contributed by atoms with Gasteiger partial charge in [-0.05, 0) is 56.7 Å². The van der Waals surface area contributed by atoms with Crippen molar-refractivity contribution in [3.8, 4) is 0 Å². The molecule has 1 aromatic heterocycles. The highest BCUT2D eigenvalue weighted by molar-refractivity contribution is 5.84. The van der Waals surface area contributed by atoms with Gasteiger partial charge < -0.3 is 14.8 Å². The highest BCUT2D eigenvalue weighted by atomic mass is 16.2. The number of nitrogens with one attached hydrogen (secondary N) is 1. The van der Waals surface area contributed by atoms with Crippen LogP contribution in [0.4, 0.5) is 0 Å². The molecule has 1 unspecified atom stereocenters. The third-order valence-corrected chi connectivity index (χ3v) is 6.63. The average molecular weight is 380 g/mol. The molecule has 2 aromatic rings. The van der Waals surface area contributed by atoms with Gasteiger partial charge in [0.2, 0.25) is 11.8 Å². The van der Waals surface area contributed by atoms with E-state index >= 15 is 0 Å². The summed E-state index contributed by atoms with van der Waals surface area (Å²) in [5.74, 6) is 1.91. The van der Waals surface area contributed by atoms with E-state index in [1.165, 1.54) is 5.56 Å². The lowest BCUT2D eigenvalue weighted by Crippen LogP contribution is -2.49. The number of imidazole rings is 1. The summed E-state index contributed by atoms with van der Waals surface area (Å²) in [6.45, 7) is 4.29. The standard InChI is InChI=1S/C22H28N4O2/c1-14-2-6-18-19(12-14)24-21(23-18)15-8-10-25(11-9-15)22(28)16-3-7-20(27)26(13-16)17-4-5-17/h2,6,12,15-17H,3-5,7-11,13H2,1H3,(H,23,24). The maximum atomic E-state index is 13.0. The first-order chi connectivity index (χ1) is 13.6. The number of fused-ring (bicyclic) bond motifs is 1. The van der Waals surface area contributed by atoms with Crippen LogP contribution in [0.5, 0.6) is 0 Å². The molecule has 2 saturated heterocycles. The second-order valence-corrected chi connectivity index (χ2v) is 8.76. The van der Waals surface area contributed by atoms with Crippen molar-refractivity contribution >= 4 is 22.8 Å². The van der Waals surface area contributed by atoms with E-state index in [0.717, 1.165) is 55.6 Å². The highest BCUT2D eigenvalue weighted by Crippen LogP contribution is 2.33. The Hall–Kier alpha value is -2.37. The van der Waals surface area contributed by atoms with Gasteiger partial charge in [0.05, 0.1) is 17.0 Å². The monoisotopic (exact) mass is 380 g/mol. The quantitative estimate of drug-likeness (QED) is 0.890. The number of hydrogen-bond acceptors (Lipinski definition) is 3. The largest absolute Gasteiger partial charge is 0.342 e. The predicted molar refractivity (Wildman–Crippen MR) is 107 cm³/mol. The predicted octanol–water partition coefficient (Wildman–Crippen LogP) is 2.98. The number of benzene rings is 1. The maximum Gasteiger partial charge on any atom is 0.227 e. The van der Waals surface area contributed by atoms with Crippen molar-refractivity contribution in [1.29, 1.82) is 0 Å². The van der Waals surface area contributed by atoms with Gasteiger partial charge in [0, 0.05) is 38.0 Å². The molecule has 6 nitrogen and oxygen atoms in total. The average Bonchev–Trinajstić information content (AvgIpc) is 3.47. The highest BCUT2D eigenvalue weighted by Gasteiger charge is 2.40. The van der Waals surface area contributed by atoms with Crippen molar-refractivity contribution in [2.75, 3.05) is 19.6 Å². The summed E-state index contributed by atoms with van der Waals surface area (Å²) in [5.41, 5.74) is 3.35. The Kier molecular flexibility index (Phi) is 4.37. The Labute approximate surface area is 165 Å². The fourth-order valence-electron chi connectivity index (χ4n) is 4.78. The summed E-state index contributed by atoms with van der Waals surface area (Å²) in [7, 11) is 0. The van der Waals surface area contributed by atoms with Crippen LogP contribution in [-0.4, -0.2) is 57.3 Å². The lowest BCUT2D eigenvalue weighted by atomic mass is 9.92. The fourth-order valence-corrected chi connectivity index (χ4v) is 4.78. The van der Waals surface area contributed by atoms with Gasteiger partial charge in [0.15, 0.2) is 0 Å². The first kappa shape index (κ1) is 17.7. The number of carbonyl (C=O) groups is 2. The molecule has 1 aromatic carbocycles. The third-order valence-electron chi connectivity index (χ3n) is 6.63. The first-order valence-corrected chi connectivity index (χ1v) is 10.6. The van der Waals surface area contributed by atoms with E-state index in [4.69, 9.17) is 4.98 Å². The Balaban J connectivity index is 1.21. The number of piperidine rings is 2. The minimum atomic E-state index is -0.0102. The van der Waals surface area contributed by atoms with Crippen molar-refractivity contribution in [2.45, 2.75) is 57.4 Å². The van der Waals surface area contributed by atoms with E-state index in [9.17, 15) is 9.59 Å². The Morgan fingerprint density at radius 3 is 2.68 bits per heavy atom. The Morgan fingerprint density at radius 2 is 1.93 bits per heavy atom. The molecule has 0 radical (unpaired) electrons. The number of H-pyrrole nitrogens is 1. The first-order valence-electron chi connectivity index (χ1n) is 10.6. The summed E-state index contributed by atoms with van der Waals surface area (Å²) in [4.78, 5) is 37.4. The zero-order valence-corrected chi connectivity index (χ0v) is 16.5. The van der Waals surface area contributed by atoms with E-state index in [1.807, 2.05) is 9.80 Å². The summed E-state index contributed by atoms with van der Waals surface area (Å²) >= 11 is 0. The number of nitrogens with zero attached hydrogens (tertiary/aromatic N) is 3. The van der Waals surface area contributed by atoms with Crippen LogP contribution in [-0.2, 0) is 9.59 Å². The molecule has 1 atom stereocenters. The SMILES string of the molecule is Cc1ccc2nc(C3CCN(C(=O)C4CCC(=O)N(C5CC5)C4)CC3)[nH]c2c1. The van der Waals surface area contributed by atoms with Crippen molar-refractivity contribution in [1.82, 2.24) is 19.8 Å². The molecule has 3 aliphatic rings. The van der Waals surface area contributed by atoms with Gasteiger partial charge in [-0.3, -0.25) is 9.59 Å². The molecule has 28 heavy (non-hydrogen) atoms. The van der Waals surface area contributed by atoms with Crippen LogP contribution in [0.25, 0.3) is 11.0 Å². The van der Waals surface area contributed by atoms with Gasteiger partial charge in [0.1, 0.15) is 5.82 Å². The Bertz CT molecular complexity index is 908. The fraction of sp³-hybridized carbons (Fsp3) is 0.591. The van der Waals surface area contributed by atoms with Crippen LogP contribution in [0.3, 0.4) is 0 Å².